The summed E-state index contributed by atoms with van der Waals surface area (Å²) < 4.78 is 7.06. The van der Waals surface area contributed by atoms with E-state index in [4.69, 9.17) is 9.84 Å². The van der Waals surface area contributed by atoms with Crippen molar-refractivity contribution in [1.29, 1.82) is 0 Å². The molecule has 0 atom stereocenters. The van der Waals surface area contributed by atoms with Crippen molar-refractivity contribution in [2.24, 2.45) is 0 Å². The third kappa shape index (κ3) is 3.34. The monoisotopic (exact) mass is 226 g/mol. The third-order valence-electron chi connectivity index (χ3n) is 2.42. The Bertz CT molecular complexity index is 347. The van der Waals surface area contributed by atoms with E-state index in [1.807, 2.05) is 0 Å². The summed E-state index contributed by atoms with van der Waals surface area (Å²) in [7, 11) is 0. The van der Waals surface area contributed by atoms with E-state index in [1.54, 1.807) is 11.6 Å². The van der Waals surface area contributed by atoms with Crippen molar-refractivity contribution in [2.45, 2.75) is 33.2 Å². The second-order valence-electron chi connectivity index (χ2n) is 3.64. The van der Waals surface area contributed by atoms with Gasteiger partial charge >= 0.3 is 5.97 Å². The van der Waals surface area contributed by atoms with Gasteiger partial charge in [0.05, 0.1) is 19.3 Å². The lowest BCUT2D eigenvalue weighted by Crippen LogP contribution is -2.10. The van der Waals surface area contributed by atoms with Crippen LogP contribution in [0.15, 0.2) is 6.20 Å². The summed E-state index contributed by atoms with van der Waals surface area (Å²) in [6.07, 6.45) is 3.55. The van der Waals surface area contributed by atoms with Crippen LogP contribution in [-0.4, -0.2) is 34.1 Å². The highest BCUT2D eigenvalue weighted by atomic mass is 16.5. The van der Waals surface area contributed by atoms with Crippen molar-refractivity contribution >= 4 is 5.97 Å². The molecule has 0 aliphatic heterocycles. The lowest BCUT2D eigenvalue weighted by atomic mass is 10.3. The minimum absolute atomic E-state index is 0.258. The topological polar surface area (TPSA) is 64.4 Å². The molecule has 0 unspecified atom stereocenters. The first kappa shape index (κ1) is 12.7. The Morgan fingerprint density at radius 2 is 2.31 bits per heavy atom. The average Bonchev–Trinajstić information content (AvgIpc) is 2.60. The normalized spacial score (nSPS) is 10.6. The molecule has 16 heavy (non-hydrogen) atoms. The van der Waals surface area contributed by atoms with Crippen LogP contribution < -0.4 is 0 Å². The van der Waals surface area contributed by atoms with Gasteiger partial charge in [0, 0.05) is 12.3 Å². The molecule has 0 radical (unpaired) electrons. The molecule has 1 aromatic heterocycles. The van der Waals surface area contributed by atoms with Gasteiger partial charge in [0.1, 0.15) is 5.56 Å². The van der Waals surface area contributed by atoms with Crippen molar-refractivity contribution in [2.75, 3.05) is 13.2 Å². The molecule has 0 saturated carbocycles. The van der Waals surface area contributed by atoms with Gasteiger partial charge in [-0.3, -0.25) is 4.68 Å². The van der Waals surface area contributed by atoms with E-state index in [0.717, 1.165) is 19.4 Å². The number of rotatable bonds is 7. The highest BCUT2D eigenvalue weighted by Gasteiger charge is 2.11. The zero-order valence-corrected chi connectivity index (χ0v) is 9.77. The Balaban J connectivity index is 2.40. The Hall–Kier alpha value is -1.36. The predicted octanol–water partition coefficient (Wildman–Crippen LogP) is 1.71. The van der Waals surface area contributed by atoms with Gasteiger partial charge in [-0.2, -0.15) is 5.10 Å². The molecule has 0 saturated heterocycles. The lowest BCUT2D eigenvalue weighted by Gasteiger charge is -2.05. The number of aromatic carboxylic acids is 1. The molecule has 0 amide bonds. The standard InChI is InChI=1S/C11H18N2O3/c1-3-4-6-16-7-5-13-9(2)10(8-12-13)11(14)15/h8H,3-7H2,1-2H3,(H,14,15). The van der Waals surface area contributed by atoms with E-state index in [1.165, 1.54) is 6.20 Å². The number of carboxylic acid groups (broad SMARTS) is 1. The molecule has 0 aliphatic carbocycles. The molecule has 0 bridgehead atoms. The molecular weight excluding hydrogens is 208 g/mol. The largest absolute Gasteiger partial charge is 0.478 e. The first-order valence-corrected chi connectivity index (χ1v) is 5.50. The van der Waals surface area contributed by atoms with Crippen LogP contribution in [0.1, 0.15) is 35.8 Å². The van der Waals surface area contributed by atoms with E-state index in [2.05, 4.69) is 12.0 Å². The molecule has 5 nitrogen and oxygen atoms in total. The number of hydrogen-bond acceptors (Lipinski definition) is 3. The number of hydrogen-bond donors (Lipinski definition) is 1. The summed E-state index contributed by atoms with van der Waals surface area (Å²) in [6.45, 7) is 5.79. The highest BCUT2D eigenvalue weighted by molar-refractivity contribution is 5.88. The van der Waals surface area contributed by atoms with Crippen molar-refractivity contribution in [3.8, 4) is 0 Å². The SMILES string of the molecule is CCCCOCCn1ncc(C(=O)O)c1C. The fourth-order valence-electron chi connectivity index (χ4n) is 1.38. The summed E-state index contributed by atoms with van der Waals surface area (Å²) in [4.78, 5) is 10.8. The Labute approximate surface area is 95.0 Å². The van der Waals surface area contributed by atoms with E-state index in [-0.39, 0.29) is 5.56 Å². The molecule has 0 aromatic carbocycles. The predicted molar refractivity (Wildman–Crippen MR) is 59.7 cm³/mol. The zero-order valence-electron chi connectivity index (χ0n) is 9.77. The van der Waals surface area contributed by atoms with Crippen molar-refractivity contribution in [3.05, 3.63) is 17.5 Å². The Kier molecular flexibility index (Phi) is 4.98. The molecule has 0 aliphatic rings. The maximum atomic E-state index is 10.8. The minimum Gasteiger partial charge on any atom is -0.478 e. The fraction of sp³-hybridized carbons (Fsp3) is 0.636. The van der Waals surface area contributed by atoms with Crippen LogP contribution in [0.4, 0.5) is 0 Å². The zero-order chi connectivity index (χ0) is 12.0. The molecule has 1 aromatic rings. The van der Waals surface area contributed by atoms with Crippen LogP contribution in [0.3, 0.4) is 0 Å². The summed E-state index contributed by atoms with van der Waals surface area (Å²) in [5, 5.41) is 12.8. The van der Waals surface area contributed by atoms with Gasteiger partial charge in [-0.05, 0) is 13.3 Å². The van der Waals surface area contributed by atoms with Crippen LogP contribution in [0.25, 0.3) is 0 Å². The van der Waals surface area contributed by atoms with Gasteiger partial charge in [0.15, 0.2) is 0 Å². The summed E-state index contributed by atoms with van der Waals surface area (Å²) in [5.74, 6) is -0.935. The summed E-state index contributed by atoms with van der Waals surface area (Å²) in [5.41, 5.74) is 0.931. The van der Waals surface area contributed by atoms with Gasteiger partial charge in [-0.25, -0.2) is 4.79 Å². The van der Waals surface area contributed by atoms with Crippen LogP contribution >= 0.6 is 0 Å². The number of aromatic nitrogens is 2. The summed E-state index contributed by atoms with van der Waals surface area (Å²) in [6, 6.07) is 0. The fourth-order valence-corrected chi connectivity index (χ4v) is 1.38. The van der Waals surface area contributed by atoms with E-state index in [0.29, 0.717) is 18.8 Å². The molecular formula is C11H18N2O3. The summed E-state index contributed by atoms with van der Waals surface area (Å²) >= 11 is 0. The van der Waals surface area contributed by atoms with Gasteiger partial charge in [-0.1, -0.05) is 13.3 Å². The van der Waals surface area contributed by atoms with Gasteiger partial charge in [0.2, 0.25) is 0 Å². The van der Waals surface area contributed by atoms with Crippen LogP contribution in [0.2, 0.25) is 0 Å². The molecule has 5 heteroatoms. The van der Waals surface area contributed by atoms with Gasteiger partial charge in [0.25, 0.3) is 0 Å². The quantitative estimate of drug-likeness (QED) is 0.719. The van der Waals surface area contributed by atoms with Crippen molar-refractivity contribution in [1.82, 2.24) is 9.78 Å². The van der Waals surface area contributed by atoms with E-state index in [9.17, 15) is 4.79 Å². The van der Waals surface area contributed by atoms with E-state index < -0.39 is 5.97 Å². The molecule has 1 rings (SSSR count). The molecule has 0 spiro atoms. The average molecular weight is 226 g/mol. The minimum atomic E-state index is -0.935. The number of carboxylic acids is 1. The second-order valence-corrected chi connectivity index (χ2v) is 3.64. The number of ether oxygens (including phenoxy) is 1. The number of nitrogens with zero attached hydrogens (tertiary/aromatic N) is 2. The molecule has 0 fully saturated rings. The third-order valence-corrected chi connectivity index (χ3v) is 2.42. The highest BCUT2D eigenvalue weighted by Crippen LogP contribution is 2.06. The number of carbonyl (C=O) groups is 1. The van der Waals surface area contributed by atoms with Crippen LogP contribution in [0.5, 0.6) is 0 Å². The Morgan fingerprint density at radius 1 is 1.56 bits per heavy atom. The molecule has 90 valence electrons. The maximum absolute atomic E-state index is 10.8. The lowest BCUT2D eigenvalue weighted by molar-refractivity contribution is 0.0695. The molecule has 1 N–H and O–H groups in total. The van der Waals surface area contributed by atoms with Gasteiger partial charge < -0.3 is 9.84 Å². The smallest absolute Gasteiger partial charge is 0.339 e. The van der Waals surface area contributed by atoms with Gasteiger partial charge in [-0.15, -0.1) is 0 Å². The second kappa shape index (κ2) is 6.27. The molecule has 1 heterocycles. The van der Waals surface area contributed by atoms with Crippen LogP contribution in [-0.2, 0) is 11.3 Å². The number of unbranched alkanes of at least 4 members (excludes halogenated alkanes) is 1. The van der Waals surface area contributed by atoms with E-state index >= 15 is 0 Å². The maximum Gasteiger partial charge on any atom is 0.339 e. The first-order chi connectivity index (χ1) is 7.66. The Morgan fingerprint density at radius 3 is 2.88 bits per heavy atom. The first-order valence-electron chi connectivity index (χ1n) is 5.50. The van der Waals surface area contributed by atoms with Crippen molar-refractivity contribution in [3.63, 3.8) is 0 Å². The van der Waals surface area contributed by atoms with Crippen LogP contribution in [0, 0.1) is 6.92 Å². The van der Waals surface area contributed by atoms with Crippen molar-refractivity contribution < 1.29 is 14.6 Å².